The van der Waals surface area contributed by atoms with Crippen LogP contribution in [0, 0.1) is 0 Å². The van der Waals surface area contributed by atoms with Crippen LogP contribution in [0.2, 0.25) is 0 Å². The Labute approximate surface area is 126 Å². The number of nitrogens with two attached hydrogens (primary N) is 1. The first-order chi connectivity index (χ1) is 9.89. The van der Waals surface area contributed by atoms with Gasteiger partial charge in [-0.15, -0.1) is 0 Å². The number of para-hydroxylation sites is 1. The summed E-state index contributed by atoms with van der Waals surface area (Å²) in [6.45, 7) is 6.36. The van der Waals surface area contributed by atoms with Crippen LogP contribution < -0.4 is 11.1 Å². The predicted molar refractivity (Wildman–Crippen MR) is 87.1 cm³/mol. The normalized spacial score (nSPS) is 12.8. The van der Waals surface area contributed by atoms with Crippen LogP contribution in [0.4, 0.5) is 5.69 Å². The molecule has 0 aliphatic heterocycles. The van der Waals surface area contributed by atoms with Crippen molar-refractivity contribution in [2.24, 2.45) is 5.73 Å². The van der Waals surface area contributed by atoms with E-state index in [0.717, 1.165) is 16.8 Å². The van der Waals surface area contributed by atoms with Gasteiger partial charge in [-0.1, -0.05) is 69.3 Å². The number of carbonyl (C=O) groups is 1. The maximum absolute atomic E-state index is 12.4. The van der Waals surface area contributed by atoms with Crippen molar-refractivity contribution in [1.82, 2.24) is 0 Å². The molecule has 3 N–H and O–H groups in total. The molecular weight excluding hydrogens is 260 g/mol. The molecule has 1 amide bonds. The molecule has 2 aromatic carbocycles. The SMILES string of the molecule is CC(C)(C)c1ccccc1NC(=O)[C@H](N)c1ccccc1. The minimum atomic E-state index is -0.667. The highest BCUT2D eigenvalue weighted by Crippen LogP contribution is 2.29. The first-order valence-electron chi connectivity index (χ1n) is 7.10. The van der Waals surface area contributed by atoms with Crippen molar-refractivity contribution in [3.8, 4) is 0 Å². The molecule has 0 spiro atoms. The summed E-state index contributed by atoms with van der Waals surface area (Å²) >= 11 is 0. The molecule has 1 atom stereocenters. The van der Waals surface area contributed by atoms with Crippen molar-refractivity contribution in [2.45, 2.75) is 32.2 Å². The molecule has 0 saturated heterocycles. The molecule has 0 unspecified atom stereocenters. The molecule has 0 heterocycles. The van der Waals surface area contributed by atoms with Crippen molar-refractivity contribution in [1.29, 1.82) is 0 Å². The van der Waals surface area contributed by atoms with Gasteiger partial charge in [-0.2, -0.15) is 0 Å². The van der Waals surface area contributed by atoms with Gasteiger partial charge in [0.05, 0.1) is 0 Å². The van der Waals surface area contributed by atoms with E-state index in [1.54, 1.807) is 0 Å². The van der Waals surface area contributed by atoms with Crippen LogP contribution in [0.5, 0.6) is 0 Å². The Bertz CT molecular complexity index is 615. The fourth-order valence-corrected chi connectivity index (χ4v) is 2.27. The van der Waals surface area contributed by atoms with Crippen LogP contribution in [0.15, 0.2) is 54.6 Å². The smallest absolute Gasteiger partial charge is 0.245 e. The zero-order valence-corrected chi connectivity index (χ0v) is 12.8. The largest absolute Gasteiger partial charge is 0.324 e. The van der Waals surface area contributed by atoms with Crippen molar-refractivity contribution in [3.05, 3.63) is 65.7 Å². The number of amides is 1. The van der Waals surface area contributed by atoms with E-state index in [1.165, 1.54) is 0 Å². The lowest BCUT2D eigenvalue weighted by atomic mass is 9.85. The number of nitrogens with one attached hydrogen (secondary N) is 1. The lowest BCUT2D eigenvalue weighted by Crippen LogP contribution is -2.29. The highest BCUT2D eigenvalue weighted by molar-refractivity contribution is 5.96. The second-order valence-electron chi connectivity index (χ2n) is 6.17. The van der Waals surface area contributed by atoms with Crippen molar-refractivity contribution < 1.29 is 4.79 Å². The summed E-state index contributed by atoms with van der Waals surface area (Å²) in [5.74, 6) is -0.196. The van der Waals surface area contributed by atoms with E-state index in [4.69, 9.17) is 5.73 Å². The molecule has 3 nitrogen and oxygen atoms in total. The molecule has 21 heavy (non-hydrogen) atoms. The highest BCUT2D eigenvalue weighted by atomic mass is 16.2. The van der Waals surface area contributed by atoms with Gasteiger partial charge in [0.2, 0.25) is 5.91 Å². The van der Waals surface area contributed by atoms with Crippen LogP contribution in [0.1, 0.15) is 37.9 Å². The fraction of sp³-hybridized carbons (Fsp3) is 0.278. The molecule has 0 bridgehead atoms. The van der Waals surface area contributed by atoms with E-state index < -0.39 is 6.04 Å². The average molecular weight is 282 g/mol. The number of hydrogen-bond acceptors (Lipinski definition) is 2. The van der Waals surface area contributed by atoms with Crippen LogP contribution in [-0.4, -0.2) is 5.91 Å². The summed E-state index contributed by atoms with van der Waals surface area (Å²) in [4.78, 5) is 12.4. The Morgan fingerprint density at radius 2 is 1.57 bits per heavy atom. The monoisotopic (exact) mass is 282 g/mol. The van der Waals surface area contributed by atoms with Crippen LogP contribution in [0.3, 0.4) is 0 Å². The third-order valence-corrected chi connectivity index (χ3v) is 3.43. The molecule has 110 valence electrons. The van der Waals surface area contributed by atoms with E-state index >= 15 is 0 Å². The average Bonchev–Trinajstić information content (AvgIpc) is 2.47. The van der Waals surface area contributed by atoms with Crippen molar-refractivity contribution >= 4 is 11.6 Å². The van der Waals surface area contributed by atoms with Crippen LogP contribution in [-0.2, 0) is 10.2 Å². The predicted octanol–water partition coefficient (Wildman–Crippen LogP) is 3.62. The zero-order chi connectivity index (χ0) is 15.5. The number of benzene rings is 2. The topological polar surface area (TPSA) is 55.1 Å². The highest BCUT2D eigenvalue weighted by Gasteiger charge is 2.21. The van der Waals surface area contributed by atoms with Crippen LogP contribution in [0.25, 0.3) is 0 Å². The molecule has 2 rings (SSSR count). The Kier molecular flexibility index (Phi) is 4.43. The second kappa shape index (κ2) is 6.10. The standard InChI is InChI=1S/C18H22N2O/c1-18(2,3)14-11-7-8-12-15(14)20-17(21)16(19)13-9-5-4-6-10-13/h4-12,16H,19H2,1-3H3,(H,20,21)/t16-/m1/s1. The van der Waals surface area contributed by atoms with Crippen molar-refractivity contribution in [2.75, 3.05) is 5.32 Å². The van der Waals surface area contributed by atoms with Gasteiger partial charge >= 0.3 is 0 Å². The number of carbonyl (C=O) groups excluding carboxylic acids is 1. The number of hydrogen-bond donors (Lipinski definition) is 2. The summed E-state index contributed by atoms with van der Waals surface area (Å²) in [6, 6.07) is 16.6. The van der Waals surface area contributed by atoms with E-state index in [9.17, 15) is 4.79 Å². The molecule has 0 aromatic heterocycles. The molecule has 3 heteroatoms. The molecule has 0 radical (unpaired) electrons. The zero-order valence-electron chi connectivity index (χ0n) is 12.8. The quantitative estimate of drug-likeness (QED) is 0.903. The summed E-state index contributed by atoms with van der Waals surface area (Å²) in [6.07, 6.45) is 0. The maximum atomic E-state index is 12.4. The molecule has 0 fully saturated rings. The van der Waals surface area contributed by atoms with E-state index in [-0.39, 0.29) is 11.3 Å². The van der Waals surface area contributed by atoms with Gasteiger partial charge < -0.3 is 11.1 Å². The molecular formula is C18H22N2O. The van der Waals surface area contributed by atoms with Gasteiger partial charge in [0.1, 0.15) is 6.04 Å². The summed E-state index contributed by atoms with van der Waals surface area (Å²) in [5.41, 5.74) is 8.72. The third kappa shape index (κ3) is 3.70. The van der Waals surface area contributed by atoms with Gasteiger partial charge in [0, 0.05) is 5.69 Å². The number of rotatable bonds is 3. The Hall–Kier alpha value is -2.13. The Balaban J connectivity index is 2.21. The summed E-state index contributed by atoms with van der Waals surface area (Å²) < 4.78 is 0. The minimum Gasteiger partial charge on any atom is -0.324 e. The van der Waals surface area contributed by atoms with Gasteiger partial charge in [0.15, 0.2) is 0 Å². The molecule has 0 aliphatic carbocycles. The summed E-state index contributed by atoms with van der Waals surface area (Å²) in [7, 11) is 0. The van der Waals surface area contributed by atoms with E-state index in [2.05, 4.69) is 26.1 Å². The van der Waals surface area contributed by atoms with Gasteiger partial charge in [-0.05, 0) is 22.6 Å². The maximum Gasteiger partial charge on any atom is 0.245 e. The first kappa shape index (κ1) is 15.3. The number of anilines is 1. The van der Waals surface area contributed by atoms with E-state index in [0.29, 0.717) is 0 Å². The second-order valence-corrected chi connectivity index (χ2v) is 6.17. The van der Waals surface area contributed by atoms with Crippen LogP contribution >= 0.6 is 0 Å². The van der Waals surface area contributed by atoms with Crippen molar-refractivity contribution in [3.63, 3.8) is 0 Å². The minimum absolute atomic E-state index is 0.0410. The molecule has 0 aliphatic rings. The fourth-order valence-electron chi connectivity index (χ4n) is 2.27. The van der Waals surface area contributed by atoms with E-state index in [1.807, 2.05) is 54.6 Å². The third-order valence-electron chi connectivity index (χ3n) is 3.43. The molecule has 2 aromatic rings. The first-order valence-corrected chi connectivity index (χ1v) is 7.10. The lowest BCUT2D eigenvalue weighted by Gasteiger charge is -2.23. The molecule has 0 saturated carbocycles. The lowest BCUT2D eigenvalue weighted by molar-refractivity contribution is -0.117. The van der Waals surface area contributed by atoms with Gasteiger partial charge in [-0.25, -0.2) is 0 Å². The Morgan fingerprint density at radius 3 is 2.19 bits per heavy atom. The van der Waals surface area contributed by atoms with Gasteiger partial charge in [0.25, 0.3) is 0 Å². The summed E-state index contributed by atoms with van der Waals surface area (Å²) in [5, 5.41) is 2.95. The Morgan fingerprint density at radius 1 is 1.00 bits per heavy atom. The van der Waals surface area contributed by atoms with Gasteiger partial charge in [-0.3, -0.25) is 4.79 Å².